The van der Waals surface area contributed by atoms with Gasteiger partial charge in [0.25, 0.3) is 5.91 Å². The molecular weight excluding hydrogens is 377 g/mol. The molecule has 0 fully saturated rings. The Kier molecular flexibility index (Phi) is 6.14. The highest BCUT2D eigenvalue weighted by atomic mass is 32.2. The zero-order chi connectivity index (χ0) is 19.9. The number of Topliss-reactive ketones (excluding diaryl/α,β-unsaturated/α-hetero) is 1. The number of nitriles is 1. The second-order valence-corrected chi connectivity index (χ2v) is 6.74. The molecule has 0 spiro atoms. The summed E-state index contributed by atoms with van der Waals surface area (Å²) >= 11 is 1.26. The van der Waals surface area contributed by atoms with E-state index in [4.69, 9.17) is 5.26 Å². The van der Waals surface area contributed by atoms with Crippen LogP contribution in [-0.4, -0.2) is 22.4 Å². The first-order valence-electron chi connectivity index (χ1n) is 8.24. The number of pyridine rings is 1. The second-order valence-electron chi connectivity index (χ2n) is 5.75. The Hall–Kier alpha value is -3.50. The van der Waals surface area contributed by atoms with E-state index >= 15 is 0 Å². The molecule has 7 heteroatoms. The van der Waals surface area contributed by atoms with E-state index in [2.05, 4.69) is 10.3 Å². The Morgan fingerprint density at radius 1 is 1.00 bits per heavy atom. The number of hydrogen-bond donors (Lipinski definition) is 1. The molecule has 1 N–H and O–H groups in total. The van der Waals surface area contributed by atoms with Gasteiger partial charge in [0, 0.05) is 17.4 Å². The third kappa shape index (κ3) is 5.02. The van der Waals surface area contributed by atoms with Crippen molar-refractivity contribution in [3.63, 3.8) is 0 Å². The molecule has 0 atom stereocenters. The lowest BCUT2D eigenvalue weighted by Crippen LogP contribution is -2.12. The van der Waals surface area contributed by atoms with Gasteiger partial charge in [-0.05, 0) is 48.5 Å². The number of aromatic nitrogens is 1. The van der Waals surface area contributed by atoms with Gasteiger partial charge >= 0.3 is 0 Å². The van der Waals surface area contributed by atoms with Crippen LogP contribution in [0.1, 0.15) is 26.3 Å². The normalized spacial score (nSPS) is 10.1. The number of hydrogen-bond acceptors (Lipinski definition) is 5. The molecule has 3 aromatic rings. The average Bonchev–Trinajstić information content (AvgIpc) is 2.74. The summed E-state index contributed by atoms with van der Waals surface area (Å²) in [6, 6.07) is 17.2. The molecule has 0 aliphatic carbocycles. The number of benzene rings is 2. The molecule has 0 saturated heterocycles. The molecule has 1 heterocycles. The van der Waals surface area contributed by atoms with Crippen molar-refractivity contribution < 1.29 is 14.0 Å². The van der Waals surface area contributed by atoms with Gasteiger partial charge in [0.2, 0.25) is 0 Å². The van der Waals surface area contributed by atoms with Gasteiger partial charge in [-0.3, -0.25) is 9.59 Å². The van der Waals surface area contributed by atoms with Crippen LogP contribution in [0.4, 0.5) is 10.1 Å². The summed E-state index contributed by atoms with van der Waals surface area (Å²) in [5.74, 6) is -0.615. The summed E-state index contributed by atoms with van der Waals surface area (Å²) in [6.07, 6.45) is 1.42. The molecule has 0 bridgehead atoms. The Balaban J connectivity index is 1.56. The number of carbonyl (C=O) groups is 2. The molecule has 1 amide bonds. The smallest absolute Gasteiger partial charge is 0.257 e. The Morgan fingerprint density at radius 3 is 2.29 bits per heavy atom. The van der Waals surface area contributed by atoms with Crippen molar-refractivity contribution in [2.24, 2.45) is 0 Å². The maximum atomic E-state index is 12.9. The first-order chi connectivity index (χ1) is 13.5. The van der Waals surface area contributed by atoms with Crippen molar-refractivity contribution in [2.75, 3.05) is 11.1 Å². The number of ketones is 1. The van der Waals surface area contributed by atoms with Gasteiger partial charge in [-0.2, -0.15) is 5.26 Å². The molecule has 28 heavy (non-hydrogen) atoms. The number of anilines is 1. The van der Waals surface area contributed by atoms with E-state index in [1.54, 1.807) is 36.4 Å². The topological polar surface area (TPSA) is 82.8 Å². The fraction of sp³-hybridized carbons (Fsp3) is 0.0476. The van der Waals surface area contributed by atoms with Crippen molar-refractivity contribution in [1.29, 1.82) is 5.26 Å². The monoisotopic (exact) mass is 391 g/mol. The Morgan fingerprint density at radius 2 is 1.68 bits per heavy atom. The predicted molar refractivity (Wildman–Crippen MR) is 105 cm³/mol. The fourth-order valence-electron chi connectivity index (χ4n) is 2.29. The van der Waals surface area contributed by atoms with Crippen LogP contribution in [0.5, 0.6) is 0 Å². The van der Waals surface area contributed by atoms with Gasteiger partial charge in [-0.1, -0.05) is 23.9 Å². The summed E-state index contributed by atoms with van der Waals surface area (Å²) in [5, 5.41) is 12.1. The summed E-state index contributed by atoms with van der Waals surface area (Å²) in [5.41, 5.74) is 1.87. The minimum Gasteiger partial charge on any atom is -0.322 e. The maximum Gasteiger partial charge on any atom is 0.257 e. The highest BCUT2D eigenvalue weighted by molar-refractivity contribution is 7.99. The fourth-order valence-corrected chi connectivity index (χ4v) is 3.03. The first kappa shape index (κ1) is 19.3. The van der Waals surface area contributed by atoms with E-state index in [1.807, 2.05) is 6.07 Å². The molecule has 0 saturated carbocycles. The second kappa shape index (κ2) is 8.93. The van der Waals surface area contributed by atoms with Gasteiger partial charge in [-0.15, -0.1) is 0 Å². The summed E-state index contributed by atoms with van der Waals surface area (Å²) < 4.78 is 12.9. The molecule has 138 valence electrons. The van der Waals surface area contributed by atoms with Crippen LogP contribution in [0.15, 0.2) is 71.9 Å². The van der Waals surface area contributed by atoms with Gasteiger partial charge in [0.05, 0.1) is 28.0 Å². The standard InChI is InChI=1S/C21H14FN3O2S/c22-17-6-8-18(9-7-17)25-21(27)16-5-10-20(24-12-16)28-13-19(26)15-3-1-14(11-23)2-4-15/h1-10,12H,13H2,(H,25,27). The number of nitrogens with zero attached hydrogens (tertiary/aromatic N) is 2. The number of nitrogens with one attached hydrogen (secondary N) is 1. The van der Waals surface area contributed by atoms with Crippen molar-refractivity contribution in [3.05, 3.63) is 89.4 Å². The highest BCUT2D eigenvalue weighted by Gasteiger charge is 2.10. The van der Waals surface area contributed by atoms with Crippen LogP contribution in [-0.2, 0) is 0 Å². The minimum absolute atomic E-state index is 0.0746. The zero-order valence-corrected chi connectivity index (χ0v) is 15.4. The van der Waals surface area contributed by atoms with Crippen molar-refractivity contribution in [2.45, 2.75) is 5.03 Å². The number of amides is 1. The lowest BCUT2D eigenvalue weighted by molar-refractivity contribution is 0.101. The Labute approximate surface area is 165 Å². The predicted octanol–water partition coefficient (Wildman–Crippen LogP) is 4.32. The molecule has 0 aliphatic rings. The maximum absolute atomic E-state index is 12.9. The lowest BCUT2D eigenvalue weighted by atomic mass is 10.1. The van der Waals surface area contributed by atoms with E-state index < -0.39 is 0 Å². The highest BCUT2D eigenvalue weighted by Crippen LogP contribution is 2.18. The van der Waals surface area contributed by atoms with Gasteiger partial charge in [0.1, 0.15) is 5.82 Å². The van der Waals surface area contributed by atoms with E-state index in [9.17, 15) is 14.0 Å². The van der Waals surface area contributed by atoms with Crippen LogP contribution < -0.4 is 5.32 Å². The molecule has 5 nitrogen and oxygen atoms in total. The van der Waals surface area contributed by atoms with E-state index in [0.29, 0.717) is 27.4 Å². The Bertz CT molecular complexity index is 1030. The van der Waals surface area contributed by atoms with Crippen molar-refractivity contribution >= 4 is 29.1 Å². The summed E-state index contributed by atoms with van der Waals surface area (Å²) in [7, 11) is 0. The largest absolute Gasteiger partial charge is 0.322 e. The van der Waals surface area contributed by atoms with Crippen LogP contribution in [0.3, 0.4) is 0 Å². The average molecular weight is 391 g/mol. The molecule has 3 rings (SSSR count). The quantitative estimate of drug-likeness (QED) is 0.500. The number of carbonyl (C=O) groups excluding carboxylic acids is 2. The van der Waals surface area contributed by atoms with Gasteiger partial charge < -0.3 is 5.32 Å². The number of thioether (sulfide) groups is 1. The van der Waals surface area contributed by atoms with Crippen LogP contribution in [0.25, 0.3) is 0 Å². The molecule has 2 aromatic carbocycles. The SMILES string of the molecule is N#Cc1ccc(C(=O)CSc2ccc(C(=O)Nc3ccc(F)cc3)cn2)cc1. The van der Waals surface area contributed by atoms with E-state index in [1.165, 1.54) is 42.2 Å². The third-order valence-corrected chi connectivity index (χ3v) is 4.73. The number of halogens is 1. The van der Waals surface area contributed by atoms with E-state index in [-0.39, 0.29) is 23.3 Å². The molecule has 1 aromatic heterocycles. The molecular formula is C21H14FN3O2S. The number of rotatable bonds is 6. The van der Waals surface area contributed by atoms with Gasteiger partial charge in [0.15, 0.2) is 5.78 Å². The van der Waals surface area contributed by atoms with Gasteiger partial charge in [-0.25, -0.2) is 9.37 Å². The third-order valence-electron chi connectivity index (χ3n) is 3.79. The molecule has 0 radical (unpaired) electrons. The first-order valence-corrected chi connectivity index (χ1v) is 9.23. The molecule has 0 aliphatic heterocycles. The van der Waals surface area contributed by atoms with Crippen LogP contribution in [0.2, 0.25) is 0 Å². The van der Waals surface area contributed by atoms with Crippen LogP contribution in [0, 0.1) is 17.1 Å². The van der Waals surface area contributed by atoms with Crippen molar-refractivity contribution in [1.82, 2.24) is 4.98 Å². The van der Waals surface area contributed by atoms with E-state index in [0.717, 1.165) is 0 Å². The lowest BCUT2D eigenvalue weighted by Gasteiger charge is -2.06. The summed E-state index contributed by atoms with van der Waals surface area (Å²) in [6.45, 7) is 0. The minimum atomic E-state index is -0.378. The molecule has 0 unspecified atom stereocenters. The van der Waals surface area contributed by atoms with Crippen LogP contribution >= 0.6 is 11.8 Å². The van der Waals surface area contributed by atoms with Crippen molar-refractivity contribution in [3.8, 4) is 6.07 Å². The zero-order valence-electron chi connectivity index (χ0n) is 14.6. The summed E-state index contributed by atoms with van der Waals surface area (Å²) in [4.78, 5) is 28.6.